The van der Waals surface area contributed by atoms with E-state index in [1.807, 2.05) is 0 Å². The molecule has 0 spiro atoms. The molecule has 1 heterocycles. The summed E-state index contributed by atoms with van der Waals surface area (Å²) in [6.07, 6.45) is -0.275. The van der Waals surface area contributed by atoms with Gasteiger partial charge in [-0.3, -0.25) is 19.2 Å². The molecule has 3 N–H and O–H groups in total. The minimum atomic E-state index is -0.678. The van der Waals surface area contributed by atoms with Crippen LogP contribution >= 0.6 is 0 Å². The lowest BCUT2D eigenvalue weighted by Gasteiger charge is -2.07. The third-order valence-electron chi connectivity index (χ3n) is 3.30. The van der Waals surface area contributed by atoms with Crippen LogP contribution in [0.4, 0.5) is 17.2 Å². The number of ether oxygens (including phenoxy) is 1. The smallest absolute Gasteiger partial charge is 0.306 e. The Labute approximate surface area is 160 Å². The average molecular weight is 388 g/mol. The van der Waals surface area contributed by atoms with E-state index in [-0.39, 0.29) is 30.5 Å². The fourth-order valence-corrected chi connectivity index (χ4v) is 2.10. The van der Waals surface area contributed by atoms with Gasteiger partial charge >= 0.3 is 5.97 Å². The second-order valence-electron chi connectivity index (χ2n) is 5.84. The Morgan fingerprint density at radius 1 is 0.964 bits per heavy atom. The van der Waals surface area contributed by atoms with Crippen molar-refractivity contribution >= 4 is 40.9 Å². The number of amides is 3. The second kappa shape index (κ2) is 9.86. The number of aromatic nitrogens is 1. The summed E-state index contributed by atoms with van der Waals surface area (Å²) in [5, 5.41) is 11.2. The molecule has 1 aromatic carbocycles. The molecule has 1 aromatic heterocycles. The van der Waals surface area contributed by atoms with Crippen LogP contribution in [0.2, 0.25) is 0 Å². The summed E-state index contributed by atoms with van der Waals surface area (Å²) in [7, 11) is 0. The molecule has 0 aliphatic rings. The van der Waals surface area contributed by atoms with E-state index in [2.05, 4.69) is 21.1 Å². The van der Waals surface area contributed by atoms with Crippen LogP contribution in [0.25, 0.3) is 0 Å². The van der Waals surface area contributed by atoms with Gasteiger partial charge in [0.25, 0.3) is 5.91 Å². The molecule has 10 heteroatoms. The lowest BCUT2D eigenvalue weighted by molar-refractivity contribution is -0.147. The third-order valence-corrected chi connectivity index (χ3v) is 3.30. The van der Waals surface area contributed by atoms with Crippen molar-refractivity contribution in [2.75, 3.05) is 22.6 Å². The van der Waals surface area contributed by atoms with Gasteiger partial charge in [-0.15, -0.1) is 0 Å². The maximum absolute atomic E-state index is 11.9. The van der Waals surface area contributed by atoms with Crippen molar-refractivity contribution in [2.45, 2.75) is 26.7 Å². The highest BCUT2D eigenvalue weighted by Crippen LogP contribution is 2.14. The molecule has 0 saturated carbocycles. The van der Waals surface area contributed by atoms with Gasteiger partial charge < -0.3 is 25.2 Å². The minimum absolute atomic E-state index is 0.101. The molecular formula is C18H20N4O6. The summed E-state index contributed by atoms with van der Waals surface area (Å²) in [6, 6.07) is 8.04. The predicted molar refractivity (Wildman–Crippen MR) is 99.4 cm³/mol. The molecule has 0 bridgehead atoms. The Bertz CT molecular complexity index is 859. The molecule has 0 radical (unpaired) electrons. The monoisotopic (exact) mass is 388 g/mol. The van der Waals surface area contributed by atoms with Crippen LogP contribution in [0, 0.1) is 6.92 Å². The fraction of sp³-hybridized carbons (Fsp3) is 0.278. The molecule has 0 unspecified atom stereocenters. The SMILES string of the molecule is CC(=O)Nc1ccc(NC(=O)CCC(=O)OCC(=O)Nc2cc(C)on2)cc1. The highest BCUT2D eigenvalue weighted by molar-refractivity contribution is 5.94. The fourth-order valence-electron chi connectivity index (χ4n) is 2.10. The summed E-state index contributed by atoms with van der Waals surface area (Å²) >= 11 is 0. The Morgan fingerprint density at radius 2 is 1.61 bits per heavy atom. The molecule has 0 aliphatic heterocycles. The quantitative estimate of drug-likeness (QED) is 0.586. The maximum Gasteiger partial charge on any atom is 0.306 e. The Hall–Kier alpha value is -3.69. The third kappa shape index (κ3) is 7.28. The molecule has 2 rings (SSSR count). The first-order valence-electron chi connectivity index (χ1n) is 8.38. The van der Waals surface area contributed by atoms with E-state index in [9.17, 15) is 19.2 Å². The number of hydrogen-bond acceptors (Lipinski definition) is 7. The molecule has 28 heavy (non-hydrogen) atoms. The minimum Gasteiger partial charge on any atom is -0.456 e. The van der Waals surface area contributed by atoms with Crippen LogP contribution in [0.3, 0.4) is 0 Å². The summed E-state index contributed by atoms with van der Waals surface area (Å²) in [5.41, 5.74) is 1.13. The van der Waals surface area contributed by atoms with Crippen molar-refractivity contribution in [2.24, 2.45) is 0 Å². The van der Waals surface area contributed by atoms with Crippen LogP contribution in [0.1, 0.15) is 25.5 Å². The predicted octanol–water partition coefficient (Wildman–Crippen LogP) is 1.84. The topological polar surface area (TPSA) is 140 Å². The number of esters is 1. The van der Waals surface area contributed by atoms with Gasteiger partial charge in [0.15, 0.2) is 12.4 Å². The standard InChI is InChI=1S/C18H20N4O6/c1-11-9-15(22-28-11)21-17(25)10-27-18(26)8-7-16(24)20-14-5-3-13(4-6-14)19-12(2)23/h3-6,9H,7-8,10H2,1-2H3,(H,19,23)(H,20,24)(H,21,22,25). The van der Waals surface area contributed by atoms with Gasteiger partial charge in [-0.25, -0.2) is 0 Å². The van der Waals surface area contributed by atoms with Gasteiger partial charge in [0.2, 0.25) is 11.8 Å². The van der Waals surface area contributed by atoms with Crippen LogP contribution in [-0.2, 0) is 23.9 Å². The van der Waals surface area contributed by atoms with Crippen LogP contribution < -0.4 is 16.0 Å². The summed E-state index contributed by atoms with van der Waals surface area (Å²) in [4.78, 5) is 46.1. The number of benzene rings is 1. The highest BCUT2D eigenvalue weighted by Gasteiger charge is 2.12. The molecule has 0 saturated heterocycles. The van der Waals surface area contributed by atoms with Crippen LogP contribution in [0.5, 0.6) is 0 Å². The second-order valence-corrected chi connectivity index (χ2v) is 5.84. The van der Waals surface area contributed by atoms with Gasteiger partial charge in [0.1, 0.15) is 5.76 Å². The van der Waals surface area contributed by atoms with E-state index in [0.29, 0.717) is 17.1 Å². The molecule has 148 valence electrons. The molecule has 10 nitrogen and oxygen atoms in total. The average Bonchev–Trinajstić information content (AvgIpc) is 3.04. The molecule has 0 fully saturated rings. The Kier molecular flexibility index (Phi) is 7.26. The van der Waals surface area contributed by atoms with Gasteiger partial charge in [-0.1, -0.05) is 5.16 Å². The van der Waals surface area contributed by atoms with Crippen molar-refractivity contribution in [1.82, 2.24) is 5.16 Å². The largest absolute Gasteiger partial charge is 0.456 e. The molecule has 0 aliphatic carbocycles. The highest BCUT2D eigenvalue weighted by atomic mass is 16.5. The first-order chi connectivity index (χ1) is 13.3. The Morgan fingerprint density at radius 3 is 2.18 bits per heavy atom. The first-order valence-corrected chi connectivity index (χ1v) is 8.38. The lowest BCUT2D eigenvalue weighted by atomic mass is 10.2. The lowest BCUT2D eigenvalue weighted by Crippen LogP contribution is -2.22. The normalized spacial score (nSPS) is 10.1. The zero-order chi connectivity index (χ0) is 20.5. The number of anilines is 3. The summed E-state index contributed by atoms with van der Waals surface area (Å²) in [5.74, 6) is -1.06. The van der Waals surface area contributed by atoms with E-state index in [4.69, 9.17) is 9.26 Å². The van der Waals surface area contributed by atoms with Crippen LogP contribution in [0.15, 0.2) is 34.9 Å². The van der Waals surface area contributed by atoms with Crippen molar-refractivity contribution in [3.05, 3.63) is 36.1 Å². The van der Waals surface area contributed by atoms with Crippen molar-refractivity contribution in [3.63, 3.8) is 0 Å². The van der Waals surface area contributed by atoms with Crippen molar-refractivity contribution in [1.29, 1.82) is 0 Å². The Balaban J connectivity index is 1.66. The number of nitrogens with one attached hydrogen (secondary N) is 3. The molecular weight excluding hydrogens is 368 g/mol. The van der Waals surface area contributed by atoms with Gasteiger partial charge in [-0.05, 0) is 31.2 Å². The van der Waals surface area contributed by atoms with E-state index in [1.54, 1.807) is 31.2 Å². The number of hydrogen-bond donors (Lipinski definition) is 3. The van der Waals surface area contributed by atoms with E-state index in [0.717, 1.165) is 0 Å². The van der Waals surface area contributed by atoms with E-state index < -0.39 is 18.5 Å². The summed E-state index contributed by atoms with van der Waals surface area (Å²) < 4.78 is 9.60. The zero-order valence-corrected chi connectivity index (χ0v) is 15.4. The van der Waals surface area contributed by atoms with Crippen molar-refractivity contribution in [3.8, 4) is 0 Å². The number of carbonyl (C=O) groups is 4. The van der Waals surface area contributed by atoms with Gasteiger partial charge in [-0.2, -0.15) is 0 Å². The van der Waals surface area contributed by atoms with Gasteiger partial charge in [0.05, 0.1) is 6.42 Å². The van der Waals surface area contributed by atoms with Crippen LogP contribution in [-0.4, -0.2) is 35.5 Å². The van der Waals surface area contributed by atoms with E-state index in [1.165, 1.54) is 13.0 Å². The summed E-state index contributed by atoms with van der Waals surface area (Å²) in [6.45, 7) is 2.58. The molecule has 3 amide bonds. The number of rotatable bonds is 8. The van der Waals surface area contributed by atoms with Gasteiger partial charge in [0, 0.05) is 30.8 Å². The first kappa shape index (κ1) is 20.6. The number of aryl methyl sites for hydroxylation is 1. The van der Waals surface area contributed by atoms with E-state index >= 15 is 0 Å². The van der Waals surface area contributed by atoms with Crippen molar-refractivity contribution < 1.29 is 28.4 Å². The molecule has 0 atom stereocenters. The number of carbonyl (C=O) groups excluding carboxylic acids is 4. The number of nitrogens with zero attached hydrogens (tertiary/aromatic N) is 1. The molecule has 2 aromatic rings. The maximum atomic E-state index is 11.9. The zero-order valence-electron chi connectivity index (χ0n) is 15.4.